The molecule has 0 bridgehead atoms. The summed E-state index contributed by atoms with van der Waals surface area (Å²) >= 11 is 0. The number of alkyl halides is 1. The molecule has 0 aliphatic carbocycles. The van der Waals surface area contributed by atoms with Gasteiger partial charge in [-0.15, -0.1) is 0 Å². The van der Waals surface area contributed by atoms with E-state index in [1.807, 2.05) is 6.07 Å². The average Bonchev–Trinajstić information content (AvgIpc) is 2.25. The number of hydrogen-bond acceptors (Lipinski definition) is 2. The minimum absolute atomic E-state index is 0.432. The molecule has 1 heterocycles. The molecular weight excluding hydrogens is 185 g/mol. The van der Waals surface area contributed by atoms with Gasteiger partial charge in [0.05, 0.1) is 6.04 Å². The van der Waals surface area contributed by atoms with Gasteiger partial charge in [-0.25, -0.2) is 4.39 Å². The molecule has 1 aliphatic rings. The lowest BCUT2D eigenvalue weighted by Crippen LogP contribution is -2.56. The number of carbonyl (C=O) groups excluding carboxylic acids is 1. The SMILES string of the molecule is O=C1[C@H](F)[C@@H](c2ccccc2)N1CO. The Labute approximate surface area is 80.8 Å². The Morgan fingerprint density at radius 2 is 2.00 bits per heavy atom. The first-order valence-electron chi connectivity index (χ1n) is 4.36. The van der Waals surface area contributed by atoms with E-state index in [0.717, 1.165) is 4.90 Å². The number of aliphatic hydroxyl groups excluding tert-OH is 1. The van der Waals surface area contributed by atoms with E-state index in [2.05, 4.69) is 0 Å². The van der Waals surface area contributed by atoms with E-state index in [1.54, 1.807) is 24.3 Å². The zero-order valence-corrected chi connectivity index (χ0v) is 7.43. The zero-order valence-electron chi connectivity index (χ0n) is 7.43. The van der Waals surface area contributed by atoms with Crippen molar-refractivity contribution in [3.05, 3.63) is 35.9 Å². The lowest BCUT2D eigenvalue weighted by molar-refractivity contribution is -0.166. The van der Waals surface area contributed by atoms with Crippen molar-refractivity contribution in [1.82, 2.24) is 4.90 Å². The minimum atomic E-state index is -1.51. The Morgan fingerprint density at radius 3 is 2.57 bits per heavy atom. The van der Waals surface area contributed by atoms with Crippen molar-refractivity contribution >= 4 is 5.91 Å². The van der Waals surface area contributed by atoms with Crippen LogP contribution in [-0.2, 0) is 4.79 Å². The number of nitrogens with zero attached hydrogens (tertiary/aromatic N) is 1. The minimum Gasteiger partial charge on any atom is -0.376 e. The molecule has 1 amide bonds. The van der Waals surface area contributed by atoms with Crippen LogP contribution in [0.4, 0.5) is 4.39 Å². The highest BCUT2D eigenvalue weighted by molar-refractivity contribution is 5.88. The van der Waals surface area contributed by atoms with Gasteiger partial charge in [0, 0.05) is 0 Å². The van der Waals surface area contributed by atoms with Crippen molar-refractivity contribution < 1.29 is 14.3 Å². The monoisotopic (exact) mass is 195 g/mol. The van der Waals surface area contributed by atoms with Crippen LogP contribution in [0.1, 0.15) is 11.6 Å². The molecule has 0 radical (unpaired) electrons. The Hall–Kier alpha value is -1.42. The molecule has 2 atom stereocenters. The molecule has 74 valence electrons. The molecule has 1 N–H and O–H groups in total. The second-order valence-corrected chi connectivity index (χ2v) is 3.21. The van der Waals surface area contributed by atoms with E-state index >= 15 is 0 Å². The summed E-state index contributed by atoms with van der Waals surface area (Å²) in [7, 11) is 0. The van der Waals surface area contributed by atoms with Crippen LogP contribution in [0.3, 0.4) is 0 Å². The van der Waals surface area contributed by atoms with E-state index in [-0.39, 0.29) is 0 Å². The number of halogens is 1. The van der Waals surface area contributed by atoms with Crippen LogP contribution in [-0.4, -0.2) is 28.8 Å². The van der Waals surface area contributed by atoms with Gasteiger partial charge in [0.1, 0.15) is 6.73 Å². The van der Waals surface area contributed by atoms with Crippen molar-refractivity contribution in [1.29, 1.82) is 0 Å². The van der Waals surface area contributed by atoms with Crippen molar-refractivity contribution in [2.75, 3.05) is 6.73 Å². The van der Waals surface area contributed by atoms with Crippen molar-refractivity contribution in [2.45, 2.75) is 12.2 Å². The molecule has 1 saturated heterocycles. The number of likely N-dealkylation sites (tertiary alicyclic amines) is 1. The Bertz CT molecular complexity index is 341. The summed E-state index contributed by atoms with van der Waals surface area (Å²) in [5.74, 6) is -0.638. The van der Waals surface area contributed by atoms with Crippen LogP contribution in [0.2, 0.25) is 0 Å². The highest BCUT2D eigenvalue weighted by Gasteiger charge is 2.48. The predicted octanol–water partition coefficient (Wildman–Crippen LogP) is 0.858. The van der Waals surface area contributed by atoms with E-state index in [9.17, 15) is 9.18 Å². The Kier molecular flexibility index (Phi) is 2.21. The third-order valence-electron chi connectivity index (χ3n) is 2.43. The van der Waals surface area contributed by atoms with Crippen molar-refractivity contribution in [3.63, 3.8) is 0 Å². The van der Waals surface area contributed by atoms with Crippen LogP contribution < -0.4 is 0 Å². The van der Waals surface area contributed by atoms with E-state index in [1.165, 1.54) is 0 Å². The molecule has 0 unspecified atom stereocenters. The predicted molar refractivity (Wildman–Crippen MR) is 48.0 cm³/mol. The van der Waals surface area contributed by atoms with Crippen LogP contribution in [0.15, 0.2) is 30.3 Å². The molecule has 0 aromatic heterocycles. The fourth-order valence-corrected chi connectivity index (χ4v) is 1.66. The standard InChI is InChI=1S/C10H10FNO2/c11-8-9(12(6-13)10(8)14)7-4-2-1-3-5-7/h1-5,8-9,13H,6H2/t8-,9-/m1/s1. The third kappa shape index (κ3) is 1.19. The Morgan fingerprint density at radius 1 is 1.36 bits per heavy atom. The van der Waals surface area contributed by atoms with Crippen LogP contribution in [0.25, 0.3) is 0 Å². The number of hydrogen-bond donors (Lipinski definition) is 1. The summed E-state index contributed by atoms with van der Waals surface area (Å²) in [5, 5.41) is 8.84. The summed E-state index contributed by atoms with van der Waals surface area (Å²) in [6.07, 6.45) is -1.51. The zero-order chi connectivity index (χ0) is 10.1. The maximum absolute atomic E-state index is 13.2. The molecule has 2 rings (SSSR count). The fourth-order valence-electron chi connectivity index (χ4n) is 1.66. The number of aliphatic hydroxyl groups is 1. The molecular formula is C10H10FNO2. The molecule has 0 saturated carbocycles. The van der Waals surface area contributed by atoms with Gasteiger partial charge in [0.25, 0.3) is 5.91 Å². The summed E-state index contributed by atoms with van der Waals surface area (Å²) in [6, 6.07) is 8.24. The fraction of sp³-hybridized carbons (Fsp3) is 0.300. The molecule has 4 heteroatoms. The largest absolute Gasteiger partial charge is 0.376 e. The lowest BCUT2D eigenvalue weighted by atomic mass is 9.93. The maximum atomic E-state index is 13.2. The van der Waals surface area contributed by atoms with Crippen LogP contribution in [0, 0.1) is 0 Å². The molecule has 1 aliphatic heterocycles. The Balaban J connectivity index is 2.23. The van der Waals surface area contributed by atoms with Crippen LogP contribution >= 0.6 is 0 Å². The average molecular weight is 195 g/mol. The number of amides is 1. The number of β-lactam (4-membered cyclic amide) rings is 1. The molecule has 0 spiro atoms. The maximum Gasteiger partial charge on any atom is 0.262 e. The van der Waals surface area contributed by atoms with Gasteiger partial charge in [0.2, 0.25) is 6.17 Å². The van der Waals surface area contributed by atoms with Gasteiger partial charge in [-0.1, -0.05) is 30.3 Å². The first kappa shape index (κ1) is 9.15. The van der Waals surface area contributed by atoms with Gasteiger partial charge >= 0.3 is 0 Å². The molecule has 1 aromatic carbocycles. The smallest absolute Gasteiger partial charge is 0.262 e. The second kappa shape index (κ2) is 3.38. The van der Waals surface area contributed by atoms with E-state index in [0.29, 0.717) is 5.56 Å². The van der Waals surface area contributed by atoms with E-state index < -0.39 is 24.9 Å². The van der Waals surface area contributed by atoms with Crippen LogP contribution in [0.5, 0.6) is 0 Å². The molecule has 3 nitrogen and oxygen atoms in total. The number of carbonyl (C=O) groups is 1. The van der Waals surface area contributed by atoms with Crippen molar-refractivity contribution in [3.8, 4) is 0 Å². The van der Waals surface area contributed by atoms with E-state index in [4.69, 9.17) is 5.11 Å². The molecule has 1 aromatic rings. The van der Waals surface area contributed by atoms with Crippen molar-refractivity contribution in [2.24, 2.45) is 0 Å². The first-order valence-corrected chi connectivity index (χ1v) is 4.36. The van der Waals surface area contributed by atoms with Gasteiger partial charge in [-0.2, -0.15) is 0 Å². The first-order chi connectivity index (χ1) is 6.75. The quantitative estimate of drug-likeness (QED) is 0.711. The summed E-state index contributed by atoms with van der Waals surface area (Å²) in [5.41, 5.74) is 0.716. The molecule has 14 heavy (non-hydrogen) atoms. The number of rotatable bonds is 2. The normalized spacial score (nSPS) is 26.1. The highest BCUT2D eigenvalue weighted by atomic mass is 19.1. The topological polar surface area (TPSA) is 40.5 Å². The van der Waals surface area contributed by atoms with Gasteiger partial charge in [0.15, 0.2) is 0 Å². The summed E-state index contributed by atoms with van der Waals surface area (Å²) in [4.78, 5) is 12.1. The van der Waals surface area contributed by atoms with Gasteiger partial charge < -0.3 is 10.0 Å². The summed E-state index contributed by atoms with van der Waals surface area (Å²) < 4.78 is 13.2. The number of benzene rings is 1. The van der Waals surface area contributed by atoms with Gasteiger partial charge in [-0.3, -0.25) is 4.79 Å². The highest BCUT2D eigenvalue weighted by Crippen LogP contribution is 2.36. The van der Waals surface area contributed by atoms with Gasteiger partial charge in [-0.05, 0) is 5.56 Å². The second-order valence-electron chi connectivity index (χ2n) is 3.21. The molecule has 1 fully saturated rings. The summed E-state index contributed by atoms with van der Waals surface area (Å²) in [6.45, 7) is -0.432. The third-order valence-corrected chi connectivity index (χ3v) is 2.43. The lowest BCUT2D eigenvalue weighted by Gasteiger charge is -2.41.